The number of hydrogen-bond acceptors (Lipinski definition) is 2. The predicted octanol–water partition coefficient (Wildman–Crippen LogP) is 1.38. The van der Waals surface area contributed by atoms with Crippen LogP contribution in [0.4, 0.5) is 5.69 Å². The lowest BCUT2D eigenvalue weighted by Crippen LogP contribution is -2.19. The van der Waals surface area contributed by atoms with E-state index in [1.165, 1.54) is 0 Å². The van der Waals surface area contributed by atoms with Gasteiger partial charge in [0.2, 0.25) is 5.91 Å². The van der Waals surface area contributed by atoms with Gasteiger partial charge in [0.25, 0.3) is 0 Å². The minimum atomic E-state index is 0.0467. The third-order valence-electron chi connectivity index (χ3n) is 2.14. The molecule has 0 spiro atoms. The van der Waals surface area contributed by atoms with E-state index in [2.05, 4.69) is 11.4 Å². The first-order chi connectivity index (χ1) is 6.31. The van der Waals surface area contributed by atoms with Crippen LogP contribution in [0.3, 0.4) is 0 Å². The van der Waals surface area contributed by atoms with E-state index in [0.717, 1.165) is 17.7 Å². The molecule has 0 bridgehead atoms. The largest absolute Gasteiger partial charge is 0.494 e. The number of methoxy groups -OCH3 is 1. The number of rotatable bonds is 1. The molecule has 1 N–H and O–H groups in total. The van der Waals surface area contributed by atoms with Crippen molar-refractivity contribution in [2.75, 3.05) is 12.4 Å². The summed E-state index contributed by atoms with van der Waals surface area (Å²) in [7, 11) is 1.58. The molecule has 0 saturated heterocycles. The van der Waals surface area contributed by atoms with Gasteiger partial charge in [0, 0.05) is 12.5 Å². The number of benzene rings is 1. The second-order valence-electron chi connectivity index (χ2n) is 2.96. The van der Waals surface area contributed by atoms with Crippen LogP contribution in [0.1, 0.15) is 12.0 Å². The number of nitrogens with one attached hydrogen (secondary N) is 1. The van der Waals surface area contributed by atoms with Crippen LogP contribution in [-0.4, -0.2) is 13.0 Å². The van der Waals surface area contributed by atoms with Gasteiger partial charge in [0.15, 0.2) is 5.75 Å². The van der Waals surface area contributed by atoms with Crippen molar-refractivity contribution < 1.29 is 9.53 Å². The first-order valence-corrected chi connectivity index (χ1v) is 4.18. The van der Waals surface area contributed by atoms with Gasteiger partial charge < -0.3 is 10.1 Å². The second-order valence-corrected chi connectivity index (χ2v) is 2.96. The topological polar surface area (TPSA) is 38.3 Å². The van der Waals surface area contributed by atoms with Crippen molar-refractivity contribution >= 4 is 11.6 Å². The van der Waals surface area contributed by atoms with Gasteiger partial charge >= 0.3 is 0 Å². The average molecular weight is 176 g/mol. The Bertz CT molecular complexity index is 333. The minimum absolute atomic E-state index is 0.0467. The molecule has 0 atom stereocenters. The number of carbonyl (C=O) groups excluding carboxylic acids is 1. The van der Waals surface area contributed by atoms with E-state index in [9.17, 15) is 4.79 Å². The zero-order valence-corrected chi connectivity index (χ0v) is 7.39. The maximum atomic E-state index is 11.1. The molecule has 0 saturated carbocycles. The van der Waals surface area contributed by atoms with Crippen molar-refractivity contribution in [2.45, 2.75) is 12.8 Å². The zero-order valence-electron chi connectivity index (χ0n) is 7.39. The molecule has 1 radical (unpaired) electrons. The Morgan fingerprint density at radius 3 is 3.15 bits per heavy atom. The summed E-state index contributed by atoms with van der Waals surface area (Å²) in [4.78, 5) is 11.1. The summed E-state index contributed by atoms with van der Waals surface area (Å²) < 4.78 is 5.09. The molecule has 1 amide bonds. The van der Waals surface area contributed by atoms with Gasteiger partial charge in [-0.25, -0.2) is 0 Å². The van der Waals surface area contributed by atoms with Crippen LogP contribution in [0.25, 0.3) is 0 Å². The van der Waals surface area contributed by atoms with E-state index >= 15 is 0 Å². The van der Waals surface area contributed by atoms with E-state index < -0.39 is 0 Å². The van der Waals surface area contributed by atoms with Gasteiger partial charge in [0.1, 0.15) is 0 Å². The third-order valence-corrected chi connectivity index (χ3v) is 2.14. The highest BCUT2D eigenvalue weighted by atomic mass is 16.5. The summed E-state index contributed by atoms with van der Waals surface area (Å²) in [5, 5.41) is 2.78. The van der Waals surface area contributed by atoms with Gasteiger partial charge in [-0.15, -0.1) is 0 Å². The van der Waals surface area contributed by atoms with Gasteiger partial charge in [-0.2, -0.15) is 0 Å². The third kappa shape index (κ3) is 1.37. The summed E-state index contributed by atoms with van der Waals surface area (Å²) in [6.45, 7) is 0. The number of aryl methyl sites for hydroxylation is 1. The summed E-state index contributed by atoms with van der Waals surface area (Å²) >= 11 is 0. The molecule has 1 aliphatic rings. The SMILES string of the molecule is COc1[c]ccc2c1NC(=O)CC2. The Morgan fingerprint density at radius 1 is 1.54 bits per heavy atom. The maximum Gasteiger partial charge on any atom is 0.224 e. The Hall–Kier alpha value is -1.51. The molecule has 1 heterocycles. The van der Waals surface area contributed by atoms with Gasteiger partial charge in [0.05, 0.1) is 12.8 Å². The highest BCUT2D eigenvalue weighted by Crippen LogP contribution is 2.31. The molecule has 13 heavy (non-hydrogen) atoms. The molecule has 0 fully saturated rings. The molecular weight excluding hydrogens is 166 g/mol. The zero-order chi connectivity index (χ0) is 9.26. The van der Waals surface area contributed by atoms with Gasteiger partial charge in [-0.05, 0) is 12.0 Å². The van der Waals surface area contributed by atoms with E-state index in [4.69, 9.17) is 4.74 Å². The van der Waals surface area contributed by atoms with Crippen LogP contribution in [-0.2, 0) is 11.2 Å². The second kappa shape index (κ2) is 3.09. The number of anilines is 1. The molecule has 67 valence electrons. The normalized spacial score (nSPS) is 14.7. The fraction of sp³-hybridized carbons (Fsp3) is 0.300. The number of fused-ring (bicyclic) bond motifs is 1. The fourth-order valence-corrected chi connectivity index (χ4v) is 1.48. The number of carbonyl (C=O) groups is 1. The highest BCUT2D eigenvalue weighted by Gasteiger charge is 2.17. The molecule has 1 aromatic rings. The van der Waals surface area contributed by atoms with E-state index in [-0.39, 0.29) is 5.91 Å². The molecule has 1 aromatic carbocycles. The summed E-state index contributed by atoms with van der Waals surface area (Å²) in [6, 6.07) is 6.70. The lowest BCUT2D eigenvalue weighted by Gasteiger charge is -2.18. The highest BCUT2D eigenvalue weighted by molar-refractivity contribution is 5.95. The summed E-state index contributed by atoms with van der Waals surface area (Å²) in [5.41, 5.74) is 1.90. The molecule has 0 unspecified atom stereocenters. The van der Waals surface area contributed by atoms with Crippen molar-refractivity contribution in [2.24, 2.45) is 0 Å². The van der Waals surface area contributed by atoms with Crippen molar-refractivity contribution in [3.05, 3.63) is 23.8 Å². The molecule has 0 aromatic heterocycles. The predicted molar refractivity (Wildman–Crippen MR) is 48.8 cm³/mol. The molecule has 1 aliphatic heterocycles. The fourth-order valence-electron chi connectivity index (χ4n) is 1.48. The van der Waals surface area contributed by atoms with Crippen LogP contribution in [0, 0.1) is 6.07 Å². The average Bonchev–Trinajstić information content (AvgIpc) is 2.17. The van der Waals surface area contributed by atoms with Crippen LogP contribution in [0.2, 0.25) is 0 Å². The minimum Gasteiger partial charge on any atom is -0.494 e. The van der Waals surface area contributed by atoms with Crippen LogP contribution in [0.15, 0.2) is 12.1 Å². The van der Waals surface area contributed by atoms with Crippen LogP contribution < -0.4 is 10.1 Å². The Labute approximate surface area is 76.7 Å². The smallest absolute Gasteiger partial charge is 0.224 e. The Morgan fingerprint density at radius 2 is 2.38 bits per heavy atom. The van der Waals surface area contributed by atoms with E-state index in [0.29, 0.717) is 12.2 Å². The van der Waals surface area contributed by atoms with Gasteiger partial charge in [-0.3, -0.25) is 4.79 Å². The van der Waals surface area contributed by atoms with Gasteiger partial charge in [-0.1, -0.05) is 12.1 Å². The monoisotopic (exact) mass is 176 g/mol. The van der Waals surface area contributed by atoms with E-state index in [1.807, 2.05) is 12.1 Å². The number of amides is 1. The first kappa shape index (κ1) is 8.10. The summed E-state index contributed by atoms with van der Waals surface area (Å²) in [5.74, 6) is 0.663. The van der Waals surface area contributed by atoms with Crippen LogP contribution >= 0.6 is 0 Å². The first-order valence-electron chi connectivity index (χ1n) is 4.18. The van der Waals surface area contributed by atoms with Crippen molar-refractivity contribution in [1.82, 2.24) is 0 Å². The molecular formula is C10H10NO2. The van der Waals surface area contributed by atoms with Crippen LogP contribution in [0.5, 0.6) is 5.75 Å². The van der Waals surface area contributed by atoms with Crippen molar-refractivity contribution in [1.29, 1.82) is 0 Å². The number of hydrogen-bond donors (Lipinski definition) is 1. The standard InChI is InChI=1S/C10H10NO2/c1-13-8-4-2-3-7-5-6-9(12)11-10(7)8/h2-3H,5-6H2,1H3,(H,11,12). The Kier molecular flexibility index (Phi) is 1.93. The number of ether oxygens (including phenoxy) is 1. The molecule has 3 nitrogen and oxygen atoms in total. The summed E-state index contributed by atoms with van der Waals surface area (Å²) in [6.07, 6.45) is 1.34. The quantitative estimate of drug-likeness (QED) is 0.702. The van der Waals surface area contributed by atoms with Crippen molar-refractivity contribution in [3.63, 3.8) is 0 Å². The maximum absolute atomic E-state index is 11.1. The molecule has 3 heteroatoms. The van der Waals surface area contributed by atoms with Crippen molar-refractivity contribution in [3.8, 4) is 5.75 Å². The lowest BCUT2D eigenvalue weighted by atomic mass is 10.0. The molecule has 0 aliphatic carbocycles. The Balaban J connectivity index is 2.46. The molecule has 2 rings (SSSR count). The van der Waals surface area contributed by atoms with E-state index in [1.54, 1.807) is 7.11 Å². The lowest BCUT2D eigenvalue weighted by molar-refractivity contribution is -0.116.